The van der Waals surface area contributed by atoms with E-state index in [1.54, 1.807) is 12.1 Å². The minimum absolute atomic E-state index is 0.00746. The Balaban J connectivity index is 1.82. The predicted octanol–water partition coefficient (Wildman–Crippen LogP) is 0.871. The fourth-order valence-electron chi connectivity index (χ4n) is 2.56. The van der Waals surface area contributed by atoms with E-state index in [2.05, 4.69) is 10.6 Å². The highest BCUT2D eigenvalue weighted by atomic mass is 32.2. The highest BCUT2D eigenvalue weighted by Crippen LogP contribution is 2.17. The van der Waals surface area contributed by atoms with Gasteiger partial charge >= 0.3 is 0 Å². The number of hydrogen-bond acceptors (Lipinski definition) is 4. The van der Waals surface area contributed by atoms with Crippen LogP contribution in [0.3, 0.4) is 0 Å². The summed E-state index contributed by atoms with van der Waals surface area (Å²) in [6, 6.07) is 6.33. The molecule has 22 heavy (non-hydrogen) atoms. The molecule has 1 aromatic rings. The molecule has 4 N–H and O–H groups in total. The van der Waals surface area contributed by atoms with Gasteiger partial charge in [-0.15, -0.1) is 0 Å². The van der Waals surface area contributed by atoms with Crippen LogP contribution in [0.25, 0.3) is 0 Å². The molecule has 1 atom stereocenters. The minimum Gasteiger partial charge on any atom is -0.352 e. The van der Waals surface area contributed by atoms with Crippen molar-refractivity contribution in [2.24, 2.45) is 5.14 Å². The molecule has 0 bridgehead atoms. The van der Waals surface area contributed by atoms with E-state index >= 15 is 0 Å². The fourth-order valence-corrected chi connectivity index (χ4v) is 3.07. The Labute approximate surface area is 131 Å². The molecule has 0 aliphatic heterocycles. The number of benzene rings is 1. The van der Waals surface area contributed by atoms with Gasteiger partial charge in [0, 0.05) is 12.6 Å². The van der Waals surface area contributed by atoms with E-state index in [-0.39, 0.29) is 16.8 Å². The van der Waals surface area contributed by atoms with Crippen molar-refractivity contribution in [3.8, 4) is 0 Å². The lowest BCUT2D eigenvalue weighted by atomic mass is 10.2. The Kier molecular flexibility index (Phi) is 5.55. The molecule has 2 rings (SSSR count). The van der Waals surface area contributed by atoms with E-state index in [1.165, 1.54) is 25.0 Å². The lowest BCUT2D eigenvalue weighted by molar-refractivity contribution is -0.123. The van der Waals surface area contributed by atoms with Gasteiger partial charge in [-0.3, -0.25) is 4.79 Å². The molecule has 0 saturated heterocycles. The number of rotatable bonds is 6. The van der Waals surface area contributed by atoms with Gasteiger partial charge in [-0.2, -0.15) is 0 Å². The van der Waals surface area contributed by atoms with Crippen LogP contribution >= 0.6 is 0 Å². The van der Waals surface area contributed by atoms with Crippen molar-refractivity contribution >= 4 is 15.9 Å². The number of carbonyl (C=O) groups is 1. The maximum Gasteiger partial charge on any atom is 0.238 e. The van der Waals surface area contributed by atoms with Gasteiger partial charge in [0.05, 0.1) is 10.9 Å². The van der Waals surface area contributed by atoms with Crippen LogP contribution in [-0.2, 0) is 21.4 Å². The third kappa shape index (κ3) is 4.79. The summed E-state index contributed by atoms with van der Waals surface area (Å²) in [5.74, 6) is 0.00746. The summed E-state index contributed by atoms with van der Waals surface area (Å²) in [6.45, 7) is 2.31. The van der Waals surface area contributed by atoms with Crippen molar-refractivity contribution in [1.29, 1.82) is 0 Å². The molecule has 0 spiro atoms. The van der Waals surface area contributed by atoms with Gasteiger partial charge in [0.1, 0.15) is 0 Å². The van der Waals surface area contributed by atoms with Crippen molar-refractivity contribution in [2.75, 3.05) is 0 Å². The van der Waals surface area contributed by atoms with E-state index in [0.717, 1.165) is 18.4 Å². The van der Waals surface area contributed by atoms with E-state index in [9.17, 15) is 13.2 Å². The molecule has 1 aliphatic carbocycles. The van der Waals surface area contributed by atoms with Crippen LogP contribution in [0.5, 0.6) is 0 Å². The van der Waals surface area contributed by atoms with Crippen LogP contribution in [0.15, 0.2) is 29.2 Å². The fraction of sp³-hybridized carbons (Fsp3) is 0.533. The van der Waals surface area contributed by atoms with Gasteiger partial charge < -0.3 is 10.6 Å². The van der Waals surface area contributed by atoms with Gasteiger partial charge in [0.2, 0.25) is 15.9 Å². The molecular weight excluding hydrogens is 302 g/mol. The number of sulfonamides is 1. The van der Waals surface area contributed by atoms with Crippen LogP contribution in [0.4, 0.5) is 0 Å². The molecule has 0 radical (unpaired) electrons. The first-order valence-electron chi connectivity index (χ1n) is 7.52. The summed E-state index contributed by atoms with van der Waals surface area (Å²) in [4.78, 5) is 12.1. The monoisotopic (exact) mass is 325 g/mol. The smallest absolute Gasteiger partial charge is 0.238 e. The van der Waals surface area contributed by atoms with Crippen molar-refractivity contribution < 1.29 is 13.2 Å². The second kappa shape index (κ2) is 7.21. The number of primary sulfonamides is 1. The topological polar surface area (TPSA) is 101 Å². The Hall–Kier alpha value is -1.44. The molecule has 0 heterocycles. The number of amides is 1. The highest BCUT2D eigenvalue weighted by molar-refractivity contribution is 7.89. The van der Waals surface area contributed by atoms with E-state index in [4.69, 9.17) is 5.14 Å². The zero-order chi connectivity index (χ0) is 16.2. The maximum absolute atomic E-state index is 12.0. The molecule has 1 aliphatic rings. The number of nitrogens with two attached hydrogens (primary N) is 1. The Morgan fingerprint density at radius 2 is 1.86 bits per heavy atom. The van der Waals surface area contributed by atoms with Crippen LogP contribution < -0.4 is 15.8 Å². The van der Waals surface area contributed by atoms with Crippen molar-refractivity contribution in [2.45, 2.75) is 56.1 Å². The maximum atomic E-state index is 12.0. The third-order valence-electron chi connectivity index (χ3n) is 3.96. The minimum atomic E-state index is -3.66. The first-order valence-corrected chi connectivity index (χ1v) is 9.06. The Morgan fingerprint density at radius 1 is 1.27 bits per heavy atom. The molecule has 0 aromatic heterocycles. The molecular formula is C15H23N3O3S. The summed E-state index contributed by atoms with van der Waals surface area (Å²) >= 11 is 0. The molecule has 1 amide bonds. The third-order valence-corrected chi connectivity index (χ3v) is 4.89. The average Bonchev–Trinajstić information content (AvgIpc) is 2.97. The van der Waals surface area contributed by atoms with Crippen LogP contribution in [0.2, 0.25) is 0 Å². The van der Waals surface area contributed by atoms with Crippen LogP contribution in [0, 0.1) is 0 Å². The van der Waals surface area contributed by atoms with Gasteiger partial charge in [-0.05, 0) is 37.5 Å². The van der Waals surface area contributed by atoms with Crippen molar-refractivity contribution in [3.63, 3.8) is 0 Å². The average molecular weight is 325 g/mol. The first-order chi connectivity index (χ1) is 10.4. The summed E-state index contributed by atoms with van der Waals surface area (Å²) in [7, 11) is -3.66. The predicted molar refractivity (Wildman–Crippen MR) is 84.5 cm³/mol. The summed E-state index contributed by atoms with van der Waals surface area (Å²) in [5.41, 5.74) is 0.896. The highest BCUT2D eigenvalue weighted by Gasteiger charge is 2.20. The Morgan fingerprint density at radius 3 is 2.41 bits per heavy atom. The summed E-state index contributed by atoms with van der Waals surface area (Å²) in [5, 5.41) is 11.2. The van der Waals surface area contributed by atoms with Crippen molar-refractivity contribution in [3.05, 3.63) is 29.8 Å². The lowest BCUT2D eigenvalue weighted by Crippen LogP contribution is -2.45. The van der Waals surface area contributed by atoms with E-state index in [0.29, 0.717) is 12.6 Å². The normalized spacial score (nSPS) is 17.4. The number of carbonyl (C=O) groups excluding carboxylic acids is 1. The van der Waals surface area contributed by atoms with Gasteiger partial charge in [0.25, 0.3) is 0 Å². The number of nitrogens with one attached hydrogen (secondary N) is 2. The van der Waals surface area contributed by atoms with Crippen LogP contribution in [0.1, 0.15) is 38.2 Å². The van der Waals surface area contributed by atoms with Gasteiger partial charge in [-0.25, -0.2) is 13.6 Å². The SMILES string of the molecule is C[C@@H](NCc1ccc(S(N)(=O)=O)cc1)C(=O)NC1CCCC1. The zero-order valence-corrected chi connectivity index (χ0v) is 13.5. The van der Waals surface area contributed by atoms with E-state index < -0.39 is 10.0 Å². The van der Waals surface area contributed by atoms with Gasteiger partial charge in [-0.1, -0.05) is 25.0 Å². The quantitative estimate of drug-likeness (QED) is 0.722. The summed E-state index contributed by atoms with van der Waals surface area (Å²) in [6.07, 6.45) is 4.49. The van der Waals surface area contributed by atoms with Crippen LogP contribution in [-0.4, -0.2) is 26.4 Å². The first kappa shape index (κ1) is 16.9. The largest absolute Gasteiger partial charge is 0.352 e. The second-order valence-corrected chi connectivity index (χ2v) is 7.34. The molecule has 1 aromatic carbocycles. The molecule has 6 nitrogen and oxygen atoms in total. The van der Waals surface area contributed by atoms with E-state index in [1.807, 2.05) is 6.92 Å². The molecule has 7 heteroatoms. The Bertz CT molecular complexity index is 607. The molecule has 122 valence electrons. The number of hydrogen-bond donors (Lipinski definition) is 3. The van der Waals surface area contributed by atoms with Crippen molar-refractivity contribution in [1.82, 2.24) is 10.6 Å². The molecule has 1 saturated carbocycles. The summed E-state index contributed by atoms with van der Waals surface area (Å²) < 4.78 is 22.3. The second-order valence-electron chi connectivity index (χ2n) is 5.78. The molecule has 1 fully saturated rings. The molecule has 0 unspecified atom stereocenters. The lowest BCUT2D eigenvalue weighted by Gasteiger charge is -2.17. The van der Waals surface area contributed by atoms with Gasteiger partial charge in [0.15, 0.2) is 0 Å². The standard InChI is InChI=1S/C15H23N3O3S/c1-11(15(19)18-13-4-2-3-5-13)17-10-12-6-8-14(9-7-12)22(16,20)21/h6-9,11,13,17H,2-5,10H2,1H3,(H,18,19)(H2,16,20,21)/t11-/m1/s1. The zero-order valence-electron chi connectivity index (χ0n) is 12.7.